The molecule has 0 atom stereocenters. The monoisotopic (exact) mass is 337 g/mol. The highest BCUT2D eigenvalue weighted by molar-refractivity contribution is 9.10. The van der Waals surface area contributed by atoms with E-state index >= 15 is 0 Å². The standard InChI is InChI=1S/C17H24BrNO/c1-19(13-15-9-6-10-16(18)11-15)17(20)12-14-7-4-2-3-5-8-14/h6,9-11,14H,2-5,7-8,12-13H2,1H3. The van der Waals surface area contributed by atoms with Crippen LogP contribution in [0.2, 0.25) is 0 Å². The number of amides is 1. The van der Waals surface area contributed by atoms with Crippen LogP contribution in [0.1, 0.15) is 50.5 Å². The first-order valence-electron chi connectivity index (χ1n) is 7.63. The van der Waals surface area contributed by atoms with E-state index in [0.717, 1.165) is 10.9 Å². The van der Waals surface area contributed by atoms with Gasteiger partial charge in [0.2, 0.25) is 5.91 Å². The molecule has 0 N–H and O–H groups in total. The summed E-state index contributed by atoms with van der Waals surface area (Å²) >= 11 is 3.47. The zero-order valence-electron chi connectivity index (χ0n) is 12.3. The number of hydrogen-bond acceptors (Lipinski definition) is 1. The molecule has 2 rings (SSSR count). The molecule has 1 aromatic carbocycles. The maximum absolute atomic E-state index is 12.3. The maximum atomic E-state index is 12.3. The summed E-state index contributed by atoms with van der Waals surface area (Å²) in [6.45, 7) is 0.699. The third-order valence-electron chi connectivity index (χ3n) is 4.17. The number of hydrogen-bond donors (Lipinski definition) is 0. The lowest BCUT2D eigenvalue weighted by Gasteiger charge is -2.21. The van der Waals surface area contributed by atoms with Crippen molar-refractivity contribution in [2.24, 2.45) is 5.92 Å². The van der Waals surface area contributed by atoms with Gasteiger partial charge >= 0.3 is 0 Å². The molecule has 0 heterocycles. The fourth-order valence-corrected chi connectivity index (χ4v) is 3.41. The molecule has 1 fully saturated rings. The summed E-state index contributed by atoms with van der Waals surface area (Å²) in [6.07, 6.45) is 8.48. The molecule has 0 spiro atoms. The topological polar surface area (TPSA) is 20.3 Å². The molecule has 3 heteroatoms. The molecule has 0 aromatic heterocycles. The van der Waals surface area contributed by atoms with Crippen LogP contribution < -0.4 is 0 Å². The molecule has 1 amide bonds. The second-order valence-corrected chi connectivity index (χ2v) is 6.86. The van der Waals surface area contributed by atoms with Gasteiger partial charge in [0.1, 0.15) is 0 Å². The Bertz CT molecular complexity index is 438. The normalized spacial score (nSPS) is 16.7. The average molecular weight is 338 g/mol. The maximum Gasteiger partial charge on any atom is 0.222 e. The van der Waals surface area contributed by atoms with Crippen LogP contribution in [0.25, 0.3) is 0 Å². The van der Waals surface area contributed by atoms with Gasteiger partial charge in [-0.15, -0.1) is 0 Å². The number of rotatable bonds is 4. The molecule has 20 heavy (non-hydrogen) atoms. The summed E-state index contributed by atoms with van der Waals surface area (Å²) in [6, 6.07) is 8.18. The third kappa shape index (κ3) is 4.93. The molecule has 0 saturated heterocycles. The van der Waals surface area contributed by atoms with Gasteiger partial charge in [0, 0.05) is 24.5 Å². The van der Waals surface area contributed by atoms with Crippen molar-refractivity contribution >= 4 is 21.8 Å². The Morgan fingerprint density at radius 3 is 2.60 bits per heavy atom. The van der Waals surface area contributed by atoms with Crippen molar-refractivity contribution in [1.82, 2.24) is 4.90 Å². The van der Waals surface area contributed by atoms with Crippen LogP contribution in [-0.2, 0) is 11.3 Å². The second-order valence-electron chi connectivity index (χ2n) is 5.94. The number of carbonyl (C=O) groups is 1. The minimum absolute atomic E-state index is 0.289. The van der Waals surface area contributed by atoms with Crippen LogP contribution >= 0.6 is 15.9 Å². The predicted octanol–water partition coefficient (Wildman–Crippen LogP) is 4.77. The van der Waals surface area contributed by atoms with Crippen molar-refractivity contribution in [3.8, 4) is 0 Å². The summed E-state index contributed by atoms with van der Waals surface area (Å²) < 4.78 is 1.07. The highest BCUT2D eigenvalue weighted by Gasteiger charge is 2.18. The summed E-state index contributed by atoms with van der Waals surface area (Å²) in [5.41, 5.74) is 1.18. The Labute approximate surface area is 130 Å². The summed E-state index contributed by atoms with van der Waals surface area (Å²) in [7, 11) is 1.92. The van der Waals surface area contributed by atoms with E-state index in [1.165, 1.54) is 44.1 Å². The van der Waals surface area contributed by atoms with Crippen LogP contribution in [0.4, 0.5) is 0 Å². The fourth-order valence-electron chi connectivity index (χ4n) is 2.97. The lowest BCUT2D eigenvalue weighted by molar-refractivity contribution is -0.131. The quantitative estimate of drug-likeness (QED) is 0.724. The Kier molecular flexibility index (Phi) is 6.08. The van der Waals surface area contributed by atoms with Crippen molar-refractivity contribution in [3.63, 3.8) is 0 Å². The molecule has 1 aromatic rings. The zero-order chi connectivity index (χ0) is 14.4. The average Bonchev–Trinajstić information content (AvgIpc) is 2.67. The molecule has 110 valence electrons. The van der Waals surface area contributed by atoms with Crippen LogP contribution in [0.15, 0.2) is 28.7 Å². The molecule has 1 aliphatic rings. The Morgan fingerprint density at radius 1 is 1.25 bits per heavy atom. The van der Waals surface area contributed by atoms with E-state index < -0.39 is 0 Å². The van der Waals surface area contributed by atoms with Gasteiger partial charge in [0.05, 0.1) is 0 Å². The molecule has 0 aliphatic heterocycles. The largest absolute Gasteiger partial charge is 0.341 e. The molecule has 1 aliphatic carbocycles. The zero-order valence-corrected chi connectivity index (χ0v) is 13.9. The first-order chi connectivity index (χ1) is 9.65. The van der Waals surface area contributed by atoms with Crippen molar-refractivity contribution in [3.05, 3.63) is 34.3 Å². The van der Waals surface area contributed by atoms with Gasteiger partial charge in [-0.2, -0.15) is 0 Å². The van der Waals surface area contributed by atoms with Gasteiger partial charge in [0.25, 0.3) is 0 Å². The lowest BCUT2D eigenvalue weighted by Crippen LogP contribution is -2.28. The van der Waals surface area contributed by atoms with Gasteiger partial charge in [-0.3, -0.25) is 4.79 Å². The van der Waals surface area contributed by atoms with E-state index in [1.54, 1.807) is 0 Å². The van der Waals surface area contributed by atoms with Gasteiger partial charge in [0.15, 0.2) is 0 Å². The molecule has 2 nitrogen and oxygen atoms in total. The molecule has 0 radical (unpaired) electrons. The third-order valence-corrected chi connectivity index (χ3v) is 4.67. The first-order valence-corrected chi connectivity index (χ1v) is 8.43. The van der Waals surface area contributed by atoms with E-state index in [4.69, 9.17) is 0 Å². The van der Waals surface area contributed by atoms with Crippen molar-refractivity contribution in [2.45, 2.75) is 51.5 Å². The van der Waals surface area contributed by atoms with E-state index in [9.17, 15) is 4.79 Å². The second kappa shape index (κ2) is 7.82. The first kappa shape index (κ1) is 15.6. The van der Waals surface area contributed by atoms with E-state index in [2.05, 4.69) is 28.1 Å². The predicted molar refractivity (Wildman–Crippen MR) is 86.4 cm³/mol. The van der Waals surface area contributed by atoms with Crippen LogP contribution in [0.5, 0.6) is 0 Å². The number of halogens is 1. The molecular formula is C17H24BrNO. The molecule has 0 unspecified atom stereocenters. The van der Waals surface area contributed by atoms with Gasteiger partial charge in [-0.25, -0.2) is 0 Å². The highest BCUT2D eigenvalue weighted by atomic mass is 79.9. The highest BCUT2D eigenvalue weighted by Crippen LogP contribution is 2.26. The summed E-state index contributed by atoms with van der Waals surface area (Å²) in [5.74, 6) is 0.895. The van der Waals surface area contributed by atoms with E-state index in [1.807, 2.05) is 24.1 Å². The van der Waals surface area contributed by atoms with Crippen LogP contribution in [0.3, 0.4) is 0 Å². The fraction of sp³-hybridized carbons (Fsp3) is 0.588. The number of nitrogens with zero attached hydrogens (tertiary/aromatic N) is 1. The molecular weight excluding hydrogens is 314 g/mol. The number of benzene rings is 1. The van der Waals surface area contributed by atoms with Crippen molar-refractivity contribution in [2.75, 3.05) is 7.05 Å². The summed E-state index contributed by atoms with van der Waals surface area (Å²) in [5, 5.41) is 0. The van der Waals surface area contributed by atoms with Crippen LogP contribution in [-0.4, -0.2) is 17.9 Å². The van der Waals surface area contributed by atoms with E-state index in [-0.39, 0.29) is 5.91 Å². The number of carbonyl (C=O) groups excluding carboxylic acids is 1. The van der Waals surface area contributed by atoms with Crippen LogP contribution in [0, 0.1) is 5.92 Å². The Hall–Kier alpha value is -0.830. The smallest absolute Gasteiger partial charge is 0.222 e. The Morgan fingerprint density at radius 2 is 1.95 bits per heavy atom. The Balaban J connectivity index is 1.85. The minimum atomic E-state index is 0.289. The van der Waals surface area contributed by atoms with Crippen molar-refractivity contribution in [1.29, 1.82) is 0 Å². The van der Waals surface area contributed by atoms with Crippen molar-refractivity contribution < 1.29 is 4.79 Å². The van der Waals surface area contributed by atoms with Gasteiger partial charge in [-0.05, 0) is 36.5 Å². The van der Waals surface area contributed by atoms with Gasteiger partial charge in [-0.1, -0.05) is 53.7 Å². The molecule has 1 saturated carbocycles. The van der Waals surface area contributed by atoms with Gasteiger partial charge < -0.3 is 4.90 Å². The lowest BCUT2D eigenvalue weighted by atomic mass is 9.96. The molecule has 0 bridgehead atoms. The minimum Gasteiger partial charge on any atom is -0.341 e. The van der Waals surface area contributed by atoms with E-state index in [0.29, 0.717) is 12.5 Å². The summed E-state index contributed by atoms with van der Waals surface area (Å²) in [4.78, 5) is 14.2. The SMILES string of the molecule is CN(Cc1cccc(Br)c1)C(=O)CC1CCCCCC1.